The van der Waals surface area contributed by atoms with Gasteiger partial charge in [-0.1, -0.05) is 0 Å². The number of halogens is 1. The largest absolute Gasteiger partial charge is 0.383 e. The number of amides is 1. The fourth-order valence-corrected chi connectivity index (χ4v) is 2.14. The zero-order valence-corrected chi connectivity index (χ0v) is 12.5. The highest BCUT2D eigenvalue weighted by Gasteiger charge is 2.15. The van der Waals surface area contributed by atoms with Gasteiger partial charge in [0.15, 0.2) is 0 Å². The van der Waals surface area contributed by atoms with Crippen LogP contribution in [0.3, 0.4) is 0 Å². The number of nitrogens with one attached hydrogen (secondary N) is 1. The molecule has 0 bridgehead atoms. The van der Waals surface area contributed by atoms with Gasteiger partial charge in [0.25, 0.3) is 5.91 Å². The molecule has 0 aliphatic heterocycles. The molecule has 0 aromatic carbocycles. The normalized spacial score (nSPS) is 11.4. The van der Waals surface area contributed by atoms with Crippen LogP contribution in [-0.4, -0.2) is 41.0 Å². The Morgan fingerprint density at radius 2 is 2.00 bits per heavy atom. The first-order valence-electron chi connectivity index (χ1n) is 6.78. The molecule has 0 radical (unpaired) electrons. The van der Waals surface area contributed by atoms with Crippen molar-refractivity contribution in [1.29, 1.82) is 0 Å². The zero-order chi connectivity index (χ0) is 15.3. The van der Waals surface area contributed by atoms with Crippen molar-refractivity contribution in [3.05, 3.63) is 23.6 Å². The first kappa shape index (κ1) is 16.4. The van der Waals surface area contributed by atoms with Crippen molar-refractivity contribution < 1.29 is 9.18 Å². The molecule has 0 aliphatic carbocycles. The van der Waals surface area contributed by atoms with E-state index in [0.29, 0.717) is 18.6 Å². The second-order valence-electron chi connectivity index (χ2n) is 5.27. The van der Waals surface area contributed by atoms with E-state index >= 15 is 0 Å². The molecule has 0 atom stereocenters. The number of aromatic nitrogens is 1. The fraction of sp³-hybridized carbons (Fsp3) is 0.571. The molecule has 1 aromatic rings. The van der Waals surface area contributed by atoms with Gasteiger partial charge in [0.1, 0.15) is 11.6 Å². The maximum Gasteiger partial charge on any atom is 0.255 e. The number of nitrogens with two attached hydrogens (primary N) is 1. The number of nitrogen functional groups attached to an aromatic ring is 1. The van der Waals surface area contributed by atoms with Crippen LogP contribution in [0.5, 0.6) is 0 Å². The molecule has 0 unspecified atom stereocenters. The number of anilines is 1. The molecule has 5 nitrogen and oxygen atoms in total. The quantitative estimate of drug-likeness (QED) is 0.832. The minimum Gasteiger partial charge on any atom is -0.383 e. The first-order valence-corrected chi connectivity index (χ1v) is 6.78. The molecule has 0 fully saturated rings. The molecule has 3 N–H and O–H groups in total. The van der Waals surface area contributed by atoms with Crippen LogP contribution in [0.1, 0.15) is 38.1 Å². The molecular formula is C14H23FN4O. The Balaban J connectivity index is 2.57. The lowest BCUT2D eigenvalue weighted by molar-refractivity contribution is 0.0939. The third kappa shape index (κ3) is 4.45. The van der Waals surface area contributed by atoms with Gasteiger partial charge < -0.3 is 11.1 Å². The maximum atomic E-state index is 13.1. The number of hydrogen-bond donors (Lipinski definition) is 2. The summed E-state index contributed by atoms with van der Waals surface area (Å²) in [5.41, 5.74) is 5.64. The highest BCUT2D eigenvalue weighted by atomic mass is 19.1. The lowest BCUT2D eigenvalue weighted by Gasteiger charge is -2.30. The predicted molar refractivity (Wildman–Crippen MR) is 77.9 cm³/mol. The zero-order valence-electron chi connectivity index (χ0n) is 12.5. The van der Waals surface area contributed by atoms with Crippen molar-refractivity contribution in [2.75, 3.05) is 18.8 Å². The SMILES string of the molecule is CC(C)N(CCNC(=O)c1cc(F)cnc1N)C(C)C. The number of pyridine rings is 1. The van der Waals surface area contributed by atoms with Crippen LogP contribution in [0.25, 0.3) is 0 Å². The predicted octanol–water partition coefficient (Wildman–Crippen LogP) is 1.65. The van der Waals surface area contributed by atoms with Gasteiger partial charge in [-0.05, 0) is 33.8 Å². The van der Waals surface area contributed by atoms with Crippen LogP contribution in [0.15, 0.2) is 12.3 Å². The van der Waals surface area contributed by atoms with E-state index in [9.17, 15) is 9.18 Å². The number of hydrogen-bond acceptors (Lipinski definition) is 4. The summed E-state index contributed by atoms with van der Waals surface area (Å²) in [5, 5.41) is 2.74. The van der Waals surface area contributed by atoms with Gasteiger partial charge in [0, 0.05) is 25.2 Å². The van der Waals surface area contributed by atoms with Gasteiger partial charge in [0.05, 0.1) is 11.8 Å². The van der Waals surface area contributed by atoms with Crippen LogP contribution < -0.4 is 11.1 Å². The van der Waals surface area contributed by atoms with Crippen molar-refractivity contribution in [3.63, 3.8) is 0 Å². The summed E-state index contributed by atoms with van der Waals surface area (Å²) in [7, 11) is 0. The van der Waals surface area contributed by atoms with Gasteiger partial charge in [-0.3, -0.25) is 9.69 Å². The smallest absolute Gasteiger partial charge is 0.255 e. The number of carbonyl (C=O) groups is 1. The minimum absolute atomic E-state index is 0.0356. The molecule has 1 heterocycles. The average molecular weight is 282 g/mol. The standard InChI is InChI=1S/C14H23FN4O/c1-9(2)19(10(3)4)6-5-17-14(20)12-7-11(15)8-18-13(12)16/h7-10H,5-6H2,1-4H3,(H2,16,18)(H,17,20). The maximum absolute atomic E-state index is 13.1. The molecule has 1 aromatic heterocycles. The first-order chi connectivity index (χ1) is 9.32. The third-order valence-corrected chi connectivity index (χ3v) is 3.11. The summed E-state index contributed by atoms with van der Waals surface area (Å²) >= 11 is 0. The number of carbonyl (C=O) groups excluding carboxylic acids is 1. The van der Waals surface area contributed by atoms with Gasteiger partial charge in [-0.15, -0.1) is 0 Å². The molecule has 6 heteroatoms. The third-order valence-electron chi connectivity index (χ3n) is 3.11. The van der Waals surface area contributed by atoms with E-state index in [0.717, 1.165) is 18.8 Å². The van der Waals surface area contributed by atoms with Gasteiger partial charge in [-0.25, -0.2) is 9.37 Å². The van der Waals surface area contributed by atoms with Crippen molar-refractivity contribution in [3.8, 4) is 0 Å². The number of rotatable bonds is 6. The molecule has 0 saturated carbocycles. The van der Waals surface area contributed by atoms with Crippen molar-refractivity contribution in [2.45, 2.75) is 39.8 Å². The van der Waals surface area contributed by atoms with E-state index in [1.807, 2.05) is 0 Å². The van der Waals surface area contributed by atoms with E-state index in [1.165, 1.54) is 0 Å². The molecule has 1 amide bonds. The Labute approximate surface area is 119 Å². The topological polar surface area (TPSA) is 71.2 Å². The van der Waals surface area contributed by atoms with E-state index in [2.05, 4.69) is 42.9 Å². The highest BCUT2D eigenvalue weighted by Crippen LogP contribution is 2.09. The monoisotopic (exact) mass is 282 g/mol. The summed E-state index contributed by atoms with van der Waals surface area (Å²) in [6.45, 7) is 9.63. The lowest BCUT2D eigenvalue weighted by atomic mass is 10.2. The highest BCUT2D eigenvalue weighted by molar-refractivity contribution is 5.98. The minimum atomic E-state index is -0.574. The molecule has 112 valence electrons. The Kier molecular flexibility index (Phi) is 5.88. The average Bonchev–Trinajstić information content (AvgIpc) is 2.36. The summed E-state index contributed by atoms with van der Waals surface area (Å²) in [5.74, 6) is -0.939. The van der Waals surface area contributed by atoms with Crippen LogP contribution in [0.2, 0.25) is 0 Å². The summed E-state index contributed by atoms with van der Waals surface area (Å²) in [6.07, 6.45) is 0.991. The Morgan fingerprint density at radius 1 is 1.40 bits per heavy atom. The van der Waals surface area contributed by atoms with E-state index in [4.69, 9.17) is 5.73 Å². The molecule has 0 spiro atoms. The van der Waals surface area contributed by atoms with Crippen molar-refractivity contribution in [2.24, 2.45) is 0 Å². The van der Waals surface area contributed by atoms with Gasteiger partial charge >= 0.3 is 0 Å². The summed E-state index contributed by atoms with van der Waals surface area (Å²) in [6, 6.07) is 1.89. The molecule has 20 heavy (non-hydrogen) atoms. The molecule has 0 aliphatic rings. The van der Waals surface area contributed by atoms with Gasteiger partial charge in [-0.2, -0.15) is 0 Å². The van der Waals surface area contributed by atoms with Crippen LogP contribution in [0, 0.1) is 5.82 Å². The second kappa shape index (κ2) is 7.19. The van der Waals surface area contributed by atoms with E-state index < -0.39 is 11.7 Å². The van der Waals surface area contributed by atoms with Crippen LogP contribution in [0.4, 0.5) is 10.2 Å². The molecular weight excluding hydrogens is 259 g/mol. The van der Waals surface area contributed by atoms with Crippen molar-refractivity contribution in [1.82, 2.24) is 15.2 Å². The lowest BCUT2D eigenvalue weighted by Crippen LogP contribution is -2.42. The van der Waals surface area contributed by atoms with Gasteiger partial charge in [0.2, 0.25) is 0 Å². The summed E-state index contributed by atoms with van der Waals surface area (Å²) in [4.78, 5) is 17.8. The molecule has 0 saturated heterocycles. The Hall–Kier alpha value is -1.69. The second-order valence-corrected chi connectivity index (χ2v) is 5.27. The summed E-state index contributed by atoms with van der Waals surface area (Å²) < 4.78 is 13.1. The van der Waals surface area contributed by atoms with Crippen LogP contribution in [-0.2, 0) is 0 Å². The Bertz CT molecular complexity index is 454. The van der Waals surface area contributed by atoms with E-state index in [-0.39, 0.29) is 11.4 Å². The fourth-order valence-electron chi connectivity index (χ4n) is 2.14. The van der Waals surface area contributed by atoms with Crippen molar-refractivity contribution >= 4 is 11.7 Å². The Morgan fingerprint density at radius 3 is 2.55 bits per heavy atom. The number of nitrogens with zero attached hydrogens (tertiary/aromatic N) is 2. The van der Waals surface area contributed by atoms with E-state index in [1.54, 1.807) is 0 Å². The van der Waals surface area contributed by atoms with Crippen LogP contribution >= 0.6 is 0 Å². The molecule has 1 rings (SSSR count).